The molecule has 3 heterocycles. The number of nitrogens with zero attached hydrogens (tertiary/aromatic N) is 5. The zero-order valence-corrected chi connectivity index (χ0v) is 11.8. The maximum absolute atomic E-state index is 5.74. The Labute approximate surface area is 126 Å². The van der Waals surface area contributed by atoms with Crippen molar-refractivity contribution in [2.24, 2.45) is 0 Å². The zero-order chi connectivity index (χ0) is 14.5. The third-order valence-corrected chi connectivity index (χ3v) is 2.96. The Morgan fingerprint density at radius 3 is 2.90 bits per heavy atom. The molecule has 6 nitrogen and oxygen atoms in total. The van der Waals surface area contributed by atoms with Gasteiger partial charge in [0.2, 0.25) is 0 Å². The quantitative estimate of drug-likeness (QED) is 0.723. The highest BCUT2D eigenvalue weighted by Gasteiger charge is 2.01. The predicted molar refractivity (Wildman–Crippen MR) is 76.9 cm³/mol. The van der Waals surface area contributed by atoms with Crippen LogP contribution >= 0.6 is 11.6 Å². The van der Waals surface area contributed by atoms with E-state index in [1.54, 1.807) is 12.3 Å². The molecule has 0 atom stereocenters. The lowest BCUT2D eigenvalue weighted by Crippen LogP contribution is -2.03. The first-order chi connectivity index (χ1) is 10.3. The Kier molecular flexibility index (Phi) is 4.07. The molecule has 0 aliphatic rings. The molecule has 0 N–H and O–H groups in total. The molecule has 0 aliphatic carbocycles. The van der Waals surface area contributed by atoms with E-state index < -0.39 is 0 Å². The molecule has 0 radical (unpaired) electrons. The van der Waals surface area contributed by atoms with E-state index in [2.05, 4.69) is 20.3 Å². The molecular weight excluding hydrogens is 290 g/mol. The number of pyridine rings is 1. The first-order valence-corrected chi connectivity index (χ1v) is 6.70. The molecule has 0 aliphatic heterocycles. The monoisotopic (exact) mass is 301 g/mol. The number of aromatic nitrogens is 5. The third kappa shape index (κ3) is 3.76. The summed E-state index contributed by atoms with van der Waals surface area (Å²) in [6.45, 7) is 1.05. The summed E-state index contributed by atoms with van der Waals surface area (Å²) in [5, 5.41) is 11.8. The van der Waals surface area contributed by atoms with Crippen LogP contribution in [0.2, 0.25) is 5.15 Å². The maximum atomic E-state index is 5.74. The summed E-state index contributed by atoms with van der Waals surface area (Å²) in [5.74, 6) is 0.567. The number of hydrogen-bond donors (Lipinski definition) is 0. The molecule has 0 aromatic carbocycles. The second-order valence-electron chi connectivity index (χ2n) is 4.36. The van der Waals surface area contributed by atoms with E-state index in [1.807, 2.05) is 35.3 Å². The average molecular weight is 302 g/mol. The number of ether oxygens (including phenoxy) is 1. The van der Waals surface area contributed by atoms with Gasteiger partial charge in [0.15, 0.2) is 5.15 Å². The van der Waals surface area contributed by atoms with Gasteiger partial charge in [0, 0.05) is 24.7 Å². The van der Waals surface area contributed by atoms with Gasteiger partial charge in [0.1, 0.15) is 12.4 Å². The van der Waals surface area contributed by atoms with Crippen molar-refractivity contribution >= 4 is 11.6 Å². The van der Waals surface area contributed by atoms with E-state index in [-0.39, 0.29) is 0 Å². The van der Waals surface area contributed by atoms with Crippen LogP contribution in [0.25, 0.3) is 0 Å². The third-order valence-electron chi connectivity index (χ3n) is 2.78. The van der Waals surface area contributed by atoms with Gasteiger partial charge in [-0.3, -0.25) is 9.67 Å². The van der Waals surface area contributed by atoms with E-state index in [1.165, 1.54) is 6.20 Å². The van der Waals surface area contributed by atoms with Gasteiger partial charge in [0.25, 0.3) is 0 Å². The van der Waals surface area contributed by atoms with Crippen LogP contribution in [-0.4, -0.2) is 25.0 Å². The molecule has 0 saturated carbocycles. The molecule has 7 heteroatoms. The minimum absolute atomic E-state index is 0.301. The first-order valence-electron chi connectivity index (χ1n) is 6.32. The SMILES string of the molecule is Clc1cc(OCc2ccc(Cn3cccn3)cn2)cnn1. The standard InChI is InChI=1S/C14H12ClN5O/c15-14-6-13(8-17-19-14)21-10-12-3-2-11(7-16-12)9-20-5-1-4-18-20/h1-8H,9-10H2. The van der Waals surface area contributed by atoms with Crippen molar-refractivity contribution in [1.29, 1.82) is 0 Å². The lowest BCUT2D eigenvalue weighted by atomic mass is 10.2. The lowest BCUT2D eigenvalue weighted by Gasteiger charge is -2.06. The number of rotatable bonds is 5. The highest BCUT2D eigenvalue weighted by molar-refractivity contribution is 6.29. The summed E-state index contributed by atoms with van der Waals surface area (Å²) in [5.41, 5.74) is 1.91. The summed E-state index contributed by atoms with van der Waals surface area (Å²) in [6.07, 6.45) is 7.00. The van der Waals surface area contributed by atoms with Crippen LogP contribution < -0.4 is 4.74 Å². The molecule has 0 saturated heterocycles. The molecule has 0 unspecified atom stereocenters. The van der Waals surface area contributed by atoms with Crippen LogP contribution in [0.15, 0.2) is 49.1 Å². The van der Waals surface area contributed by atoms with Crippen molar-refractivity contribution in [2.45, 2.75) is 13.2 Å². The Hall–Kier alpha value is -2.47. The fourth-order valence-electron chi connectivity index (χ4n) is 1.78. The molecule has 0 amide bonds. The van der Waals surface area contributed by atoms with Gasteiger partial charge < -0.3 is 4.74 Å². The molecule has 106 valence electrons. The largest absolute Gasteiger partial charge is 0.485 e. The van der Waals surface area contributed by atoms with Gasteiger partial charge in [-0.05, 0) is 17.7 Å². The Balaban J connectivity index is 1.59. The topological polar surface area (TPSA) is 65.7 Å². The van der Waals surface area contributed by atoms with Crippen molar-refractivity contribution in [2.75, 3.05) is 0 Å². The highest BCUT2D eigenvalue weighted by atomic mass is 35.5. The van der Waals surface area contributed by atoms with Gasteiger partial charge in [0.05, 0.1) is 18.4 Å². The summed E-state index contributed by atoms with van der Waals surface area (Å²) in [7, 11) is 0. The molecule has 0 fully saturated rings. The smallest absolute Gasteiger partial charge is 0.155 e. The minimum Gasteiger partial charge on any atom is -0.485 e. The van der Waals surface area contributed by atoms with Crippen LogP contribution in [0.5, 0.6) is 5.75 Å². The lowest BCUT2D eigenvalue weighted by molar-refractivity contribution is 0.299. The van der Waals surface area contributed by atoms with Crippen molar-refractivity contribution < 1.29 is 4.74 Å². The average Bonchev–Trinajstić information content (AvgIpc) is 3.00. The van der Waals surface area contributed by atoms with E-state index in [4.69, 9.17) is 16.3 Å². The van der Waals surface area contributed by atoms with Gasteiger partial charge >= 0.3 is 0 Å². The second kappa shape index (κ2) is 6.32. The molecule has 21 heavy (non-hydrogen) atoms. The Bertz CT molecular complexity index is 700. The van der Waals surface area contributed by atoms with Gasteiger partial charge in [-0.15, -0.1) is 5.10 Å². The van der Waals surface area contributed by atoms with Crippen molar-refractivity contribution in [1.82, 2.24) is 25.0 Å². The van der Waals surface area contributed by atoms with Crippen LogP contribution in [0.4, 0.5) is 0 Å². The van der Waals surface area contributed by atoms with E-state index >= 15 is 0 Å². The normalized spacial score (nSPS) is 10.5. The Morgan fingerprint density at radius 1 is 1.24 bits per heavy atom. The van der Waals surface area contributed by atoms with Gasteiger partial charge in [-0.2, -0.15) is 10.2 Å². The van der Waals surface area contributed by atoms with Gasteiger partial charge in [-0.25, -0.2) is 0 Å². The fourth-order valence-corrected chi connectivity index (χ4v) is 1.93. The minimum atomic E-state index is 0.301. The van der Waals surface area contributed by atoms with Crippen molar-refractivity contribution in [3.8, 4) is 5.75 Å². The second-order valence-corrected chi connectivity index (χ2v) is 4.75. The van der Waals surface area contributed by atoms with Crippen molar-refractivity contribution in [3.05, 3.63) is 65.5 Å². The zero-order valence-electron chi connectivity index (χ0n) is 11.1. The molecule has 0 spiro atoms. The van der Waals surface area contributed by atoms with E-state index in [9.17, 15) is 0 Å². The first kappa shape index (κ1) is 13.5. The van der Waals surface area contributed by atoms with Crippen LogP contribution in [0, 0.1) is 0 Å². The number of halogens is 1. The molecule has 3 rings (SSSR count). The predicted octanol–water partition coefficient (Wildman–Crippen LogP) is 2.35. The summed E-state index contributed by atoms with van der Waals surface area (Å²) < 4.78 is 7.40. The Morgan fingerprint density at radius 2 is 2.19 bits per heavy atom. The molecule has 3 aromatic rings. The summed E-state index contributed by atoms with van der Waals surface area (Å²) in [6, 6.07) is 7.43. The maximum Gasteiger partial charge on any atom is 0.155 e. The molecule has 0 bridgehead atoms. The highest BCUT2D eigenvalue weighted by Crippen LogP contribution is 2.14. The molecule has 3 aromatic heterocycles. The summed E-state index contributed by atoms with van der Waals surface area (Å²) in [4.78, 5) is 4.36. The number of hydrogen-bond acceptors (Lipinski definition) is 5. The van der Waals surface area contributed by atoms with E-state index in [0.29, 0.717) is 24.1 Å². The van der Waals surface area contributed by atoms with E-state index in [0.717, 1.165) is 11.3 Å². The van der Waals surface area contributed by atoms with Crippen molar-refractivity contribution in [3.63, 3.8) is 0 Å². The fraction of sp³-hybridized carbons (Fsp3) is 0.143. The van der Waals surface area contributed by atoms with Crippen LogP contribution in [-0.2, 0) is 13.2 Å². The van der Waals surface area contributed by atoms with Crippen LogP contribution in [0.1, 0.15) is 11.3 Å². The van der Waals surface area contributed by atoms with Gasteiger partial charge in [-0.1, -0.05) is 17.7 Å². The summed E-state index contributed by atoms with van der Waals surface area (Å²) >= 11 is 5.74. The van der Waals surface area contributed by atoms with Crippen LogP contribution in [0.3, 0.4) is 0 Å². The molecular formula is C14H12ClN5O.